The monoisotopic (exact) mass is 314 g/mol. The van der Waals surface area contributed by atoms with Crippen LogP contribution in [0.25, 0.3) is 22.4 Å². The summed E-state index contributed by atoms with van der Waals surface area (Å²) in [6.07, 6.45) is 0. The third-order valence-electron chi connectivity index (χ3n) is 3.64. The number of rotatable bonds is 5. The number of methoxy groups -OCH3 is 4. The molecule has 0 aliphatic heterocycles. The summed E-state index contributed by atoms with van der Waals surface area (Å²) in [4.78, 5) is 7.89. The third kappa shape index (κ3) is 2.63. The molecule has 0 unspecified atom stereocenters. The van der Waals surface area contributed by atoms with E-state index in [1.54, 1.807) is 28.4 Å². The summed E-state index contributed by atoms with van der Waals surface area (Å²) < 4.78 is 21.2. The van der Waals surface area contributed by atoms with Crippen molar-refractivity contribution in [3.05, 3.63) is 30.3 Å². The van der Waals surface area contributed by atoms with Crippen molar-refractivity contribution in [2.45, 2.75) is 0 Å². The Morgan fingerprint density at radius 1 is 0.739 bits per heavy atom. The Labute approximate surface area is 134 Å². The van der Waals surface area contributed by atoms with Gasteiger partial charge in [-0.15, -0.1) is 0 Å². The number of nitrogens with one attached hydrogen (secondary N) is 1. The zero-order valence-electron chi connectivity index (χ0n) is 13.5. The average molecular weight is 314 g/mol. The van der Waals surface area contributed by atoms with E-state index in [1.807, 2.05) is 30.3 Å². The van der Waals surface area contributed by atoms with Crippen molar-refractivity contribution in [2.24, 2.45) is 0 Å². The number of fused-ring (bicyclic) bond motifs is 1. The van der Waals surface area contributed by atoms with E-state index < -0.39 is 0 Å². The molecule has 0 atom stereocenters. The minimum absolute atomic E-state index is 0.644. The Balaban J connectivity index is 2.10. The fourth-order valence-corrected chi connectivity index (χ4v) is 2.46. The number of hydrogen-bond donors (Lipinski definition) is 1. The van der Waals surface area contributed by atoms with Crippen LogP contribution in [-0.4, -0.2) is 38.4 Å². The van der Waals surface area contributed by atoms with Crippen LogP contribution in [0.3, 0.4) is 0 Å². The van der Waals surface area contributed by atoms with Crippen LogP contribution >= 0.6 is 0 Å². The highest BCUT2D eigenvalue weighted by Gasteiger charge is 2.13. The molecule has 1 N–H and O–H groups in total. The van der Waals surface area contributed by atoms with Gasteiger partial charge in [0.1, 0.15) is 5.82 Å². The van der Waals surface area contributed by atoms with Crippen molar-refractivity contribution in [1.82, 2.24) is 9.97 Å². The van der Waals surface area contributed by atoms with Crippen LogP contribution in [0.4, 0.5) is 0 Å². The van der Waals surface area contributed by atoms with Gasteiger partial charge in [-0.3, -0.25) is 0 Å². The number of aromatic amines is 1. The van der Waals surface area contributed by atoms with E-state index in [2.05, 4.69) is 9.97 Å². The molecule has 1 heterocycles. The summed E-state index contributed by atoms with van der Waals surface area (Å²) in [6.45, 7) is 0. The second-order valence-corrected chi connectivity index (χ2v) is 4.88. The summed E-state index contributed by atoms with van der Waals surface area (Å²) in [5.41, 5.74) is 2.57. The SMILES string of the molecule is COc1ccc(-c2nc3cc(OC)c(OC)cc3[nH]2)cc1OC. The van der Waals surface area contributed by atoms with Gasteiger partial charge >= 0.3 is 0 Å². The molecule has 0 saturated heterocycles. The first-order valence-electron chi connectivity index (χ1n) is 7.04. The zero-order valence-corrected chi connectivity index (χ0v) is 13.5. The van der Waals surface area contributed by atoms with Crippen LogP contribution in [0.15, 0.2) is 30.3 Å². The maximum Gasteiger partial charge on any atom is 0.163 e. The van der Waals surface area contributed by atoms with Crippen LogP contribution in [0, 0.1) is 0 Å². The summed E-state index contributed by atoms with van der Waals surface area (Å²) in [5, 5.41) is 0. The molecule has 6 heteroatoms. The van der Waals surface area contributed by atoms with Gasteiger partial charge in [0.2, 0.25) is 0 Å². The van der Waals surface area contributed by atoms with Crippen LogP contribution in [0.5, 0.6) is 23.0 Å². The summed E-state index contributed by atoms with van der Waals surface area (Å²) in [7, 11) is 6.42. The van der Waals surface area contributed by atoms with Crippen molar-refractivity contribution in [3.63, 3.8) is 0 Å². The Kier molecular flexibility index (Phi) is 3.97. The van der Waals surface area contributed by atoms with Gasteiger partial charge in [-0.2, -0.15) is 0 Å². The first kappa shape index (κ1) is 15.0. The van der Waals surface area contributed by atoms with Gasteiger partial charge in [-0.25, -0.2) is 4.98 Å². The Morgan fingerprint density at radius 3 is 2.00 bits per heavy atom. The van der Waals surface area contributed by atoms with E-state index in [0.717, 1.165) is 22.4 Å². The van der Waals surface area contributed by atoms with Crippen LogP contribution in [-0.2, 0) is 0 Å². The molecule has 1 aromatic heterocycles. The summed E-state index contributed by atoms with van der Waals surface area (Å²) in [6, 6.07) is 9.36. The lowest BCUT2D eigenvalue weighted by Crippen LogP contribution is -1.91. The van der Waals surface area contributed by atoms with E-state index in [1.165, 1.54) is 0 Å². The van der Waals surface area contributed by atoms with Gasteiger partial charge < -0.3 is 23.9 Å². The van der Waals surface area contributed by atoms with Crippen LogP contribution in [0.2, 0.25) is 0 Å². The zero-order chi connectivity index (χ0) is 16.4. The Hall–Kier alpha value is -2.89. The van der Waals surface area contributed by atoms with E-state index in [0.29, 0.717) is 23.0 Å². The topological polar surface area (TPSA) is 65.6 Å². The minimum atomic E-state index is 0.644. The van der Waals surface area contributed by atoms with Crippen molar-refractivity contribution >= 4 is 11.0 Å². The molecule has 0 aliphatic carbocycles. The molecule has 0 saturated carbocycles. The standard InChI is InChI=1S/C17H18N2O4/c1-20-13-6-5-10(7-14(13)21-2)17-18-11-8-15(22-3)16(23-4)9-12(11)19-17/h5-9H,1-4H3,(H,18,19). The highest BCUT2D eigenvalue weighted by Crippen LogP contribution is 2.35. The van der Waals surface area contributed by atoms with Crippen LogP contribution in [0.1, 0.15) is 0 Å². The molecule has 120 valence electrons. The Morgan fingerprint density at radius 2 is 1.35 bits per heavy atom. The fraction of sp³-hybridized carbons (Fsp3) is 0.235. The lowest BCUT2D eigenvalue weighted by Gasteiger charge is -2.08. The summed E-state index contributed by atoms with van der Waals surface area (Å²) >= 11 is 0. The molecular weight excluding hydrogens is 296 g/mol. The van der Waals surface area contributed by atoms with E-state index in [9.17, 15) is 0 Å². The molecule has 0 radical (unpaired) electrons. The second-order valence-electron chi connectivity index (χ2n) is 4.88. The number of aromatic nitrogens is 2. The molecule has 0 aliphatic rings. The van der Waals surface area contributed by atoms with E-state index in [4.69, 9.17) is 18.9 Å². The molecule has 2 aromatic carbocycles. The molecule has 23 heavy (non-hydrogen) atoms. The summed E-state index contributed by atoms with van der Waals surface area (Å²) in [5.74, 6) is 3.36. The van der Waals surface area contributed by atoms with E-state index >= 15 is 0 Å². The lowest BCUT2D eigenvalue weighted by molar-refractivity contribution is 0.355. The van der Waals surface area contributed by atoms with Crippen LogP contribution < -0.4 is 18.9 Å². The normalized spacial score (nSPS) is 10.6. The smallest absolute Gasteiger partial charge is 0.163 e. The average Bonchev–Trinajstić information content (AvgIpc) is 3.02. The molecular formula is C17H18N2O4. The first-order chi connectivity index (χ1) is 11.2. The van der Waals surface area contributed by atoms with Crippen molar-refractivity contribution in [3.8, 4) is 34.4 Å². The number of nitrogens with zero attached hydrogens (tertiary/aromatic N) is 1. The molecule has 0 spiro atoms. The van der Waals surface area contributed by atoms with Crippen molar-refractivity contribution in [1.29, 1.82) is 0 Å². The Bertz CT molecular complexity index is 801. The quantitative estimate of drug-likeness (QED) is 0.783. The fourth-order valence-electron chi connectivity index (χ4n) is 2.46. The van der Waals surface area contributed by atoms with Gasteiger partial charge in [-0.1, -0.05) is 0 Å². The molecule has 0 bridgehead atoms. The number of hydrogen-bond acceptors (Lipinski definition) is 5. The highest BCUT2D eigenvalue weighted by atomic mass is 16.5. The molecule has 0 fully saturated rings. The number of ether oxygens (including phenoxy) is 4. The molecule has 3 rings (SSSR count). The number of benzene rings is 2. The minimum Gasteiger partial charge on any atom is -0.493 e. The molecule has 3 aromatic rings. The highest BCUT2D eigenvalue weighted by molar-refractivity contribution is 5.83. The first-order valence-corrected chi connectivity index (χ1v) is 7.04. The number of imidazole rings is 1. The number of H-pyrrole nitrogens is 1. The lowest BCUT2D eigenvalue weighted by atomic mass is 10.2. The predicted octanol–water partition coefficient (Wildman–Crippen LogP) is 3.26. The molecule has 6 nitrogen and oxygen atoms in total. The predicted molar refractivity (Wildman–Crippen MR) is 87.7 cm³/mol. The van der Waals surface area contributed by atoms with Gasteiger partial charge in [0.25, 0.3) is 0 Å². The second kappa shape index (κ2) is 6.08. The van der Waals surface area contributed by atoms with Crippen molar-refractivity contribution in [2.75, 3.05) is 28.4 Å². The third-order valence-corrected chi connectivity index (χ3v) is 3.64. The van der Waals surface area contributed by atoms with Gasteiger partial charge in [-0.05, 0) is 18.2 Å². The van der Waals surface area contributed by atoms with Gasteiger partial charge in [0.15, 0.2) is 23.0 Å². The van der Waals surface area contributed by atoms with Crippen molar-refractivity contribution < 1.29 is 18.9 Å². The maximum absolute atomic E-state index is 5.34. The van der Waals surface area contributed by atoms with Gasteiger partial charge in [0.05, 0.1) is 39.5 Å². The maximum atomic E-state index is 5.34. The largest absolute Gasteiger partial charge is 0.493 e. The van der Waals surface area contributed by atoms with Gasteiger partial charge in [0, 0.05) is 17.7 Å². The van der Waals surface area contributed by atoms with E-state index in [-0.39, 0.29) is 0 Å². The molecule has 0 amide bonds.